The van der Waals surface area contributed by atoms with Crippen LogP contribution in [0.3, 0.4) is 0 Å². The van der Waals surface area contributed by atoms with Crippen LogP contribution in [-0.2, 0) is 16.0 Å². The Hall–Kier alpha value is -3.87. The summed E-state index contributed by atoms with van der Waals surface area (Å²) in [5, 5.41) is 2.87. The van der Waals surface area contributed by atoms with Crippen LogP contribution in [0.25, 0.3) is 0 Å². The van der Waals surface area contributed by atoms with Gasteiger partial charge in [-0.3, -0.25) is 24.5 Å². The third-order valence-corrected chi connectivity index (χ3v) is 6.03. The Morgan fingerprint density at radius 1 is 1.00 bits per heavy atom. The normalized spacial score (nSPS) is 15.5. The number of nitrogens with zero attached hydrogens (tertiary/aromatic N) is 2. The van der Waals surface area contributed by atoms with Gasteiger partial charge in [-0.25, -0.2) is 0 Å². The zero-order valence-electron chi connectivity index (χ0n) is 19.1. The molecule has 7 heteroatoms. The average Bonchev–Trinajstić information content (AvgIpc) is 3.36. The Labute approximate surface area is 193 Å². The lowest BCUT2D eigenvalue weighted by atomic mass is 10.1. The highest BCUT2D eigenvalue weighted by Crippen LogP contribution is 2.26. The zero-order valence-corrected chi connectivity index (χ0v) is 19.1. The lowest BCUT2D eigenvalue weighted by Crippen LogP contribution is -2.28. The minimum atomic E-state index is -0.453. The fraction of sp³-hybridized carbons (Fsp3) is 0.269. The van der Waals surface area contributed by atoms with Crippen molar-refractivity contribution in [1.29, 1.82) is 0 Å². The number of aryl methyl sites for hydroxylation is 3. The maximum Gasteiger partial charge on any atom is 0.270 e. The van der Waals surface area contributed by atoms with Gasteiger partial charge < -0.3 is 10.2 Å². The molecule has 1 saturated heterocycles. The summed E-state index contributed by atoms with van der Waals surface area (Å²) < 4.78 is 1.72. The largest absolute Gasteiger partial charge is 0.326 e. The number of hydrogen-bond donors (Lipinski definition) is 2. The smallest absolute Gasteiger partial charge is 0.270 e. The molecule has 0 radical (unpaired) electrons. The molecule has 0 spiro atoms. The Balaban J connectivity index is 1.41. The second-order valence-electron chi connectivity index (χ2n) is 8.39. The summed E-state index contributed by atoms with van der Waals surface area (Å²) in [4.78, 5) is 39.8. The van der Waals surface area contributed by atoms with Gasteiger partial charge in [-0.1, -0.05) is 25.1 Å². The molecule has 1 aliphatic heterocycles. The first-order chi connectivity index (χ1) is 15.9. The molecule has 0 unspecified atom stereocenters. The predicted octanol–water partition coefficient (Wildman–Crippen LogP) is 4.04. The molecule has 2 heterocycles. The number of anilines is 2. The van der Waals surface area contributed by atoms with Crippen LogP contribution in [-0.4, -0.2) is 28.9 Å². The monoisotopic (exact) mass is 444 g/mol. The van der Waals surface area contributed by atoms with Crippen LogP contribution in [0, 0.1) is 19.8 Å². The van der Waals surface area contributed by atoms with E-state index in [4.69, 9.17) is 0 Å². The third kappa shape index (κ3) is 4.82. The summed E-state index contributed by atoms with van der Waals surface area (Å²) in [6, 6.07) is 18.5. The Morgan fingerprint density at radius 3 is 2.36 bits per heavy atom. The highest BCUT2D eigenvalue weighted by Gasteiger charge is 2.35. The Bertz CT molecular complexity index is 1180. The first-order valence-electron chi connectivity index (χ1n) is 11.1. The number of amides is 3. The summed E-state index contributed by atoms with van der Waals surface area (Å²) in [5.74, 6) is -1.02. The molecular weight excluding hydrogens is 416 g/mol. The first-order valence-corrected chi connectivity index (χ1v) is 11.1. The molecule has 0 bridgehead atoms. The van der Waals surface area contributed by atoms with Crippen LogP contribution in [0.2, 0.25) is 0 Å². The van der Waals surface area contributed by atoms with Crippen molar-refractivity contribution in [2.45, 2.75) is 33.6 Å². The average molecular weight is 445 g/mol. The van der Waals surface area contributed by atoms with Crippen molar-refractivity contribution in [3.63, 3.8) is 0 Å². The molecule has 3 aromatic rings. The van der Waals surface area contributed by atoms with Gasteiger partial charge in [0.05, 0.1) is 5.92 Å². The highest BCUT2D eigenvalue weighted by molar-refractivity contribution is 6.05. The van der Waals surface area contributed by atoms with E-state index in [1.54, 1.807) is 33.8 Å². The number of aromatic nitrogens is 1. The number of carbonyl (C=O) groups is 3. The number of nitrogens with one attached hydrogen (secondary N) is 2. The van der Waals surface area contributed by atoms with Crippen molar-refractivity contribution < 1.29 is 14.4 Å². The Morgan fingerprint density at radius 2 is 1.70 bits per heavy atom. The molecule has 33 heavy (non-hydrogen) atoms. The third-order valence-electron chi connectivity index (χ3n) is 6.03. The summed E-state index contributed by atoms with van der Waals surface area (Å²) in [6.07, 6.45) is 1.09. The summed E-state index contributed by atoms with van der Waals surface area (Å²) in [5.41, 5.74) is 7.66. The molecule has 7 nitrogen and oxygen atoms in total. The van der Waals surface area contributed by atoms with E-state index >= 15 is 0 Å². The molecule has 0 aliphatic carbocycles. The van der Waals surface area contributed by atoms with Gasteiger partial charge >= 0.3 is 0 Å². The van der Waals surface area contributed by atoms with Crippen molar-refractivity contribution >= 4 is 29.1 Å². The molecular formula is C26H28N4O3. The number of rotatable bonds is 6. The standard InChI is InChI=1S/C26H28N4O3/c1-4-19-10-12-23(13-11-19)29-16-21(15-24(29)31)25(32)27-22-7-5-6-20(14-22)26(33)28-30-17(2)8-9-18(30)3/h5-14,21H,4,15-16H2,1-3H3,(H,27,32)(H,28,33)/t21-/m1/s1. The maximum atomic E-state index is 12.9. The molecule has 2 N–H and O–H groups in total. The molecule has 1 aliphatic rings. The fourth-order valence-corrected chi connectivity index (χ4v) is 4.04. The zero-order chi connectivity index (χ0) is 23.5. The van der Waals surface area contributed by atoms with Gasteiger partial charge in [0.2, 0.25) is 11.8 Å². The van der Waals surface area contributed by atoms with Gasteiger partial charge in [0.15, 0.2) is 0 Å². The van der Waals surface area contributed by atoms with Crippen molar-refractivity contribution in [2.75, 3.05) is 22.2 Å². The molecule has 1 fully saturated rings. The molecule has 4 rings (SSSR count). The lowest BCUT2D eigenvalue weighted by Gasteiger charge is -2.17. The molecule has 1 atom stereocenters. The minimum Gasteiger partial charge on any atom is -0.326 e. The van der Waals surface area contributed by atoms with Gasteiger partial charge in [0.1, 0.15) is 0 Å². The van der Waals surface area contributed by atoms with Crippen LogP contribution < -0.4 is 15.6 Å². The van der Waals surface area contributed by atoms with Gasteiger partial charge in [-0.2, -0.15) is 0 Å². The van der Waals surface area contributed by atoms with Crippen LogP contribution in [0.1, 0.15) is 40.7 Å². The Kier molecular flexibility index (Phi) is 6.31. The SMILES string of the molecule is CCc1ccc(N2C[C@H](C(=O)Nc3cccc(C(=O)Nn4c(C)ccc4C)c3)CC2=O)cc1. The minimum absolute atomic E-state index is 0.0648. The van der Waals surface area contributed by atoms with Crippen LogP contribution >= 0.6 is 0 Å². The maximum absolute atomic E-state index is 12.9. The van der Waals surface area contributed by atoms with Gasteiger partial charge in [0.25, 0.3) is 5.91 Å². The van der Waals surface area contributed by atoms with E-state index in [1.807, 2.05) is 50.2 Å². The molecule has 0 saturated carbocycles. The van der Waals surface area contributed by atoms with Crippen LogP contribution in [0.4, 0.5) is 11.4 Å². The second-order valence-corrected chi connectivity index (χ2v) is 8.39. The number of carbonyl (C=O) groups excluding carboxylic acids is 3. The van der Waals surface area contributed by atoms with E-state index in [0.717, 1.165) is 23.5 Å². The summed E-state index contributed by atoms with van der Waals surface area (Å²) >= 11 is 0. The molecule has 3 amide bonds. The summed E-state index contributed by atoms with van der Waals surface area (Å²) in [6.45, 7) is 6.24. The number of hydrogen-bond acceptors (Lipinski definition) is 3. The van der Waals surface area contributed by atoms with E-state index < -0.39 is 5.92 Å². The first kappa shape index (κ1) is 22.3. The van der Waals surface area contributed by atoms with Gasteiger partial charge in [-0.05, 0) is 68.3 Å². The molecule has 2 aromatic carbocycles. The lowest BCUT2D eigenvalue weighted by molar-refractivity contribution is -0.122. The number of benzene rings is 2. The van der Waals surface area contributed by atoms with Crippen LogP contribution in [0.15, 0.2) is 60.7 Å². The van der Waals surface area contributed by atoms with E-state index in [9.17, 15) is 14.4 Å². The van der Waals surface area contributed by atoms with E-state index in [-0.39, 0.29) is 24.1 Å². The van der Waals surface area contributed by atoms with Gasteiger partial charge in [-0.15, -0.1) is 0 Å². The van der Waals surface area contributed by atoms with Crippen molar-refractivity contribution in [3.05, 3.63) is 83.2 Å². The van der Waals surface area contributed by atoms with E-state index in [1.165, 1.54) is 5.56 Å². The van der Waals surface area contributed by atoms with E-state index in [0.29, 0.717) is 17.8 Å². The highest BCUT2D eigenvalue weighted by atomic mass is 16.2. The van der Waals surface area contributed by atoms with Gasteiger partial charge in [0, 0.05) is 41.3 Å². The fourth-order valence-electron chi connectivity index (χ4n) is 4.04. The molecule has 1 aromatic heterocycles. The van der Waals surface area contributed by atoms with E-state index in [2.05, 4.69) is 17.7 Å². The summed E-state index contributed by atoms with van der Waals surface area (Å²) in [7, 11) is 0. The topological polar surface area (TPSA) is 83.4 Å². The quantitative estimate of drug-likeness (QED) is 0.602. The predicted molar refractivity (Wildman–Crippen MR) is 129 cm³/mol. The second kappa shape index (κ2) is 9.32. The van der Waals surface area contributed by atoms with Crippen LogP contribution in [0.5, 0.6) is 0 Å². The van der Waals surface area contributed by atoms with Crippen molar-refractivity contribution in [3.8, 4) is 0 Å². The van der Waals surface area contributed by atoms with Crippen molar-refractivity contribution in [1.82, 2.24) is 4.68 Å². The molecule has 170 valence electrons. The van der Waals surface area contributed by atoms with Crippen molar-refractivity contribution in [2.24, 2.45) is 5.92 Å².